The molecule has 0 saturated carbocycles. The summed E-state index contributed by atoms with van der Waals surface area (Å²) in [4.78, 5) is 0. The Morgan fingerprint density at radius 3 is 0.936 bits per heavy atom. The molecule has 6 rings (SSSR count). The average Bonchev–Trinajstić information content (AvgIpc) is 3.40. The Bertz CT molecular complexity index is 2470. The van der Waals surface area contributed by atoms with Gasteiger partial charge in [-0.1, -0.05) is 245 Å². The van der Waals surface area contributed by atoms with Crippen LogP contribution in [0.4, 0.5) is 0 Å². The lowest BCUT2D eigenvalue weighted by Crippen LogP contribution is -2.01. The lowest BCUT2D eigenvalue weighted by molar-refractivity contribution is 0.262. The van der Waals surface area contributed by atoms with Crippen molar-refractivity contribution in [3.8, 4) is 0 Å². The summed E-state index contributed by atoms with van der Waals surface area (Å²) in [7, 11) is 0. The summed E-state index contributed by atoms with van der Waals surface area (Å²) < 4.78 is 0. The molecule has 0 bridgehead atoms. The number of aliphatic hydroxyl groups is 6. The quantitative estimate of drug-likeness (QED) is 0.0424. The molecule has 6 nitrogen and oxygen atoms in total. The molecule has 0 aromatic heterocycles. The molecule has 6 aromatic rings. The minimum atomic E-state index is 0.137. The van der Waals surface area contributed by atoms with Crippen molar-refractivity contribution in [3.63, 3.8) is 0 Å². The van der Waals surface area contributed by atoms with Gasteiger partial charge in [0.25, 0.3) is 0 Å². The third kappa shape index (κ3) is 36.0. The lowest BCUT2D eigenvalue weighted by Gasteiger charge is -2.09. The third-order valence-electron chi connectivity index (χ3n) is 12.4. The first-order valence-corrected chi connectivity index (χ1v) is 27.7. The Morgan fingerprint density at radius 1 is 0.372 bits per heavy atom. The van der Waals surface area contributed by atoms with Gasteiger partial charge in [-0.25, -0.2) is 0 Å². The highest BCUT2D eigenvalue weighted by atomic mass is 16.3. The van der Waals surface area contributed by atoms with Crippen LogP contribution in [-0.4, -0.2) is 70.3 Å². The molecule has 1 unspecified atom stereocenters. The molecule has 6 N–H and O–H groups in total. The number of aryl methyl sites for hydroxylation is 6. The summed E-state index contributed by atoms with van der Waals surface area (Å²) in [5.41, 5.74) is 21.3. The van der Waals surface area contributed by atoms with Crippen LogP contribution in [0, 0.1) is 47.5 Å². The molecule has 6 heteroatoms. The van der Waals surface area contributed by atoms with Crippen LogP contribution in [0.1, 0.15) is 127 Å². The van der Waals surface area contributed by atoms with Crippen LogP contribution < -0.4 is 0 Å². The molecule has 0 aliphatic carbocycles. The molecule has 0 heterocycles. The van der Waals surface area contributed by atoms with Gasteiger partial charge in [0, 0.05) is 26.4 Å². The lowest BCUT2D eigenvalue weighted by atomic mass is 9.98. The summed E-state index contributed by atoms with van der Waals surface area (Å²) in [5.74, 6) is 0.577. The second kappa shape index (κ2) is 42.8. The fourth-order valence-corrected chi connectivity index (χ4v) is 7.59. The number of allylic oxidation sites excluding steroid dienone is 2. The van der Waals surface area contributed by atoms with E-state index in [9.17, 15) is 0 Å². The van der Waals surface area contributed by atoms with Gasteiger partial charge in [-0.3, -0.25) is 0 Å². The first-order valence-electron chi connectivity index (χ1n) is 27.7. The van der Waals surface area contributed by atoms with Crippen molar-refractivity contribution in [1.82, 2.24) is 0 Å². The van der Waals surface area contributed by atoms with Crippen LogP contribution in [0.5, 0.6) is 0 Å². The van der Waals surface area contributed by atoms with Gasteiger partial charge in [0.2, 0.25) is 0 Å². The Balaban J connectivity index is 0.000000468. The van der Waals surface area contributed by atoms with E-state index in [-0.39, 0.29) is 33.0 Å². The van der Waals surface area contributed by atoms with Gasteiger partial charge in [0.15, 0.2) is 0 Å². The van der Waals surface area contributed by atoms with Crippen LogP contribution in [-0.2, 0) is 25.7 Å². The van der Waals surface area contributed by atoms with Crippen molar-refractivity contribution in [2.45, 2.75) is 128 Å². The van der Waals surface area contributed by atoms with E-state index in [0.717, 1.165) is 50.5 Å². The van der Waals surface area contributed by atoms with E-state index in [2.05, 4.69) is 213 Å². The molecule has 0 aliphatic rings. The van der Waals surface area contributed by atoms with Crippen LogP contribution in [0.2, 0.25) is 0 Å². The normalized spacial score (nSPS) is 11.7. The van der Waals surface area contributed by atoms with E-state index < -0.39 is 0 Å². The third-order valence-corrected chi connectivity index (χ3v) is 12.4. The maximum atomic E-state index is 8.76. The van der Waals surface area contributed by atoms with Crippen LogP contribution in [0.15, 0.2) is 192 Å². The Labute approximate surface area is 472 Å². The van der Waals surface area contributed by atoms with Crippen molar-refractivity contribution in [2.24, 2.45) is 5.92 Å². The maximum absolute atomic E-state index is 8.76. The molecule has 0 saturated heterocycles. The van der Waals surface area contributed by atoms with E-state index in [1.165, 1.54) is 89.1 Å². The van der Waals surface area contributed by atoms with Gasteiger partial charge in [-0.05, 0) is 160 Å². The largest absolute Gasteiger partial charge is 0.396 e. The van der Waals surface area contributed by atoms with Crippen LogP contribution in [0.3, 0.4) is 0 Å². The number of hydrogen-bond acceptors (Lipinski definition) is 6. The second-order valence-electron chi connectivity index (χ2n) is 20.7. The van der Waals surface area contributed by atoms with Crippen molar-refractivity contribution in [3.05, 3.63) is 259 Å². The topological polar surface area (TPSA) is 121 Å². The number of rotatable bonds is 20. The van der Waals surface area contributed by atoms with Gasteiger partial charge in [0.1, 0.15) is 0 Å². The summed E-state index contributed by atoms with van der Waals surface area (Å²) in [6.07, 6.45) is 14.8. The highest BCUT2D eigenvalue weighted by molar-refractivity contribution is 5.53. The predicted molar refractivity (Wildman–Crippen MR) is 336 cm³/mol. The zero-order chi connectivity index (χ0) is 58.1. The van der Waals surface area contributed by atoms with Gasteiger partial charge in [0.05, 0.1) is 13.2 Å². The van der Waals surface area contributed by atoms with Gasteiger partial charge >= 0.3 is 0 Å². The number of aliphatic hydroxyl groups excluding tert-OH is 6. The van der Waals surface area contributed by atoms with Crippen molar-refractivity contribution < 1.29 is 30.6 Å². The molecule has 422 valence electrons. The van der Waals surface area contributed by atoms with Crippen molar-refractivity contribution in [2.75, 3.05) is 39.6 Å². The molecule has 78 heavy (non-hydrogen) atoms. The van der Waals surface area contributed by atoms with E-state index in [0.29, 0.717) is 18.9 Å². The van der Waals surface area contributed by atoms with E-state index in [1.807, 2.05) is 39.8 Å². The standard InChI is InChI=1S/C12H18O.5C12H16O/c6*1-10-3-5-12(6-4-10)9-11(2)7-8-13/h3-6,11,13H,7-9H2,1-2H3;2*3-6,9,13H,7-8H2,1-2H3;2*3-7,13H,8-9H2,1-2H3;3-6,13H,2,7-9H2,1H3/b;11-9+;11-9-;2*11-7-;. The van der Waals surface area contributed by atoms with E-state index >= 15 is 0 Å². The summed E-state index contributed by atoms with van der Waals surface area (Å²) in [6, 6.07) is 50.8. The fourth-order valence-electron chi connectivity index (χ4n) is 7.59. The number of hydrogen-bond donors (Lipinski definition) is 6. The minimum absolute atomic E-state index is 0.137. The summed E-state index contributed by atoms with van der Waals surface area (Å²) in [6.45, 7) is 28.0. The minimum Gasteiger partial charge on any atom is -0.396 e. The van der Waals surface area contributed by atoms with Gasteiger partial charge in [-0.15, -0.1) is 0 Å². The highest BCUT2D eigenvalue weighted by Crippen LogP contribution is 2.15. The molecule has 0 spiro atoms. The van der Waals surface area contributed by atoms with Crippen LogP contribution in [0.25, 0.3) is 12.2 Å². The molecule has 0 amide bonds. The van der Waals surface area contributed by atoms with Gasteiger partial charge < -0.3 is 30.6 Å². The zero-order valence-corrected chi connectivity index (χ0v) is 49.5. The first kappa shape index (κ1) is 69.8. The monoisotopic (exact) mass is 1060 g/mol. The van der Waals surface area contributed by atoms with E-state index in [4.69, 9.17) is 30.6 Å². The highest BCUT2D eigenvalue weighted by Gasteiger charge is 2.03. The molecule has 1 atom stereocenters. The predicted octanol–water partition coefficient (Wildman–Crippen LogP) is 15.5. The summed E-state index contributed by atoms with van der Waals surface area (Å²) >= 11 is 0. The molecular formula is C72H98O6. The molecular weight excluding hydrogens is 961 g/mol. The Hall–Kier alpha value is -6.22. The van der Waals surface area contributed by atoms with Crippen molar-refractivity contribution >= 4 is 12.2 Å². The molecule has 0 radical (unpaired) electrons. The average molecular weight is 1060 g/mol. The molecule has 0 aliphatic heterocycles. The summed E-state index contributed by atoms with van der Waals surface area (Å²) in [5, 5.41) is 52.3. The number of benzene rings is 6. The van der Waals surface area contributed by atoms with Gasteiger partial charge in [-0.2, -0.15) is 0 Å². The van der Waals surface area contributed by atoms with Crippen molar-refractivity contribution in [1.29, 1.82) is 0 Å². The van der Waals surface area contributed by atoms with E-state index in [1.54, 1.807) is 0 Å². The SMILES string of the molecule is C/C(=C/CO)Cc1ccc(C)cc1.C/C(=C/CO)Cc1ccc(C)cc1.C/C(=C/c1ccc(C)cc1)CCO.C/C(=C\c1ccc(C)cc1)CCO.C=C(CCO)Cc1ccc(C)cc1.Cc1ccc(CC(C)CCO)cc1. The zero-order valence-electron chi connectivity index (χ0n) is 49.5. The molecule has 0 fully saturated rings. The maximum Gasteiger partial charge on any atom is 0.0615 e. The fraction of sp³-hybridized carbons (Fsp3) is 0.361. The Morgan fingerprint density at radius 2 is 0.654 bits per heavy atom. The first-order chi connectivity index (χ1) is 37.3. The van der Waals surface area contributed by atoms with Crippen LogP contribution >= 0.6 is 0 Å². The second-order valence-corrected chi connectivity index (χ2v) is 20.7. The Kier molecular flexibility index (Phi) is 38.3. The smallest absolute Gasteiger partial charge is 0.0615 e. The molecule has 6 aromatic carbocycles.